The summed E-state index contributed by atoms with van der Waals surface area (Å²) in [6, 6.07) is 21.4. The van der Waals surface area contributed by atoms with Crippen molar-refractivity contribution in [3.8, 4) is 11.1 Å². The fourth-order valence-corrected chi connectivity index (χ4v) is 3.61. The molecule has 166 valence electrons. The minimum Gasteiger partial charge on any atom is -0.364 e. The molecule has 0 radical (unpaired) electrons. The Kier molecular flexibility index (Phi) is 8.17. The van der Waals surface area contributed by atoms with Gasteiger partial charge in [-0.25, -0.2) is 0 Å². The van der Waals surface area contributed by atoms with E-state index in [2.05, 4.69) is 5.32 Å². The van der Waals surface area contributed by atoms with Crippen molar-refractivity contribution in [3.05, 3.63) is 94.5 Å². The zero-order valence-corrected chi connectivity index (χ0v) is 18.5. The molecule has 0 heterocycles. The Morgan fingerprint density at radius 2 is 1.50 bits per heavy atom. The smallest absolute Gasteiger partial charge is 0.251 e. The van der Waals surface area contributed by atoms with Crippen molar-refractivity contribution >= 4 is 23.3 Å². The van der Waals surface area contributed by atoms with Crippen molar-refractivity contribution in [2.75, 3.05) is 6.54 Å². The van der Waals surface area contributed by atoms with Crippen LogP contribution in [0.25, 0.3) is 11.1 Å². The van der Waals surface area contributed by atoms with Crippen LogP contribution in [0.4, 0.5) is 0 Å². The number of rotatable bonds is 9. The molecule has 0 spiro atoms. The summed E-state index contributed by atoms with van der Waals surface area (Å²) in [5, 5.41) is 22.3. The molecule has 1 amide bonds. The van der Waals surface area contributed by atoms with Crippen LogP contribution in [0.1, 0.15) is 52.3 Å². The maximum absolute atomic E-state index is 12.6. The van der Waals surface area contributed by atoms with Crippen LogP contribution in [0.15, 0.2) is 72.8 Å². The van der Waals surface area contributed by atoms with Crippen LogP contribution >= 0.6 is 11.6 Å². The number of benzene rings is 3. The van der Waals surface area contributed by atoms with E-state index < -0.39 is 6.29 Å². The monoisotopic (exact) mass is 451 g/mol. The normalized spacial score (nSPS) is 11.9. The van der Waals surface area contributed by atoms with Gasteiger partial charge in [0.1, 0.15) is 0 Å². The summed E-state index contributed by atoms with van der Waals surface area (Å²) in [6.07, 6.45) is -0.702. The molecule has 3 aromatic carbocycles. The largest absolute Gasteiger partial charge is 0.364 e. The third-order valence-corrected chi connectivity index (χ3v) is 5.58. The summed E-state index contributed by atoms with van der Waals surface area (Å²) in [5.41, 5.74) is 3.10. The summed E-state index contributed by atoms with van der Waals surface area (Å²) in [6.45, 7) is 2.36. The molecule has 32 heavy (non-hydrogen) atoms. The van der Waals surface area contributed by atoms with Crippen LogP contribution in [0.2, 0.25) is 5.02 Å². The average Bonchev–Trinajstić information content (AvgIpc) is 2.79. The van der Waals surface area contributed by atoms with Gasteiger partial charge in [-0.2, -0.15) is 0 Å². The van der Waals surface area contributed by atoms with Gasteiger partial charge >= 0.3 is 0 Å². The Morgan fingerprint density at radius 1 is 0.906 bits per heavy atom. The van der Waals surface area contributed by atoms with Gasteiger partial charge in [-0.3, -0.25) is 9.59 Å². The highest BCUT2D eigenvalue weighted by atomic mass is 35.5. The number of nitrogens with one attached hydrogen (secondary N) is 1. The quantitative estimate of drug-likeness (QED) is 0.315. The molecule has 1 unspecified atom stereocenters. The Bertz CT molecular complexity index is 1060. The lowest BCUT2D eigenvalue weighted by Gasteiger charge is -2.14. The molecule has 5 nitrogen and oxygen atoms in total. The molecule has 0 fully saturated rings. The van der Waals surface area contributed by atoms with E-state index in [1.54, 1.807) is 18.2 Å². The second kappa shape index (κ2) is 11.0. The number of hydrogen-bond donors (Lipinski definition) is 3. The fourth-order valence-electron chi connectivity index (χ4n) is 3.48. The van der Waals surface area contributed by atoms with E-state index in [0.717, 1.165) is 11.1 Å². The van der Waals surface area contributed by atoms with Gasteiger partial charge in [0.2, 0.25) is 0 Å². The molecule has 6 heteroatoms. The van der Waals surface area contributed by atoms with Gasteiger partial charge in [-0.1, -0.05) is 73.1 Å². The number of amides is 1. The Hall–Kier alpha value is -2.99. The zero-order chi connectivity index (χ0) is 23.1. The summed E-state index contributed by atoms with van der Waals surface area (Å²) < 4.78 is 0. The molecular formula is C26H26ClNO4. The first-order valence-corrected chi connectivity index (χ1v) is 10.9. The fraction of sp³-hybridized carbons (Fsp3) is 0.231. The molecule has 0 aliphatic carbocycles. The lowest BCUT2D eigenvalue weighted by atomic mass is 9.95. The topological polar surface area (TPSA) is 86.6 Å². The molecule has 3 aromatic rings. The van der Waals surface area contributed by atoms with E-state index in [9.17, 15) is 19.8 Å². The molecule has 3 N–H and O–H groups in total. The second-order valence-electron chi connectivity index (χ2n) is 7.82. The Balaban J connectivity index is 1.49. The first-order valence-electron chi connectivity index (χ1n) is 10.5. The Morgan fingerprint density at radius 3 is 2.12 bits per heavy atom. The molecule has 0 saturated carbocycles. The molecule has 0 bridgehead atoms. The maximum atomic E-state index is 12.6. The van der Waals surface area contributed by atoms with E-state index in [1.165, 1.54) is 6.07 Å². The number of carbonyl (C=O) groups is 2. The lowest BCUT2D eigenvalue weighted by molar-refractivity contribution is -0.0429. The SMILES string of the molecule is CC(CCNC(=O)c1ccccc1C(O)O)CC(=O)c1ccc(-c2ccc(Cl)cc2)cc1. The van der Waals surface area contributed by atoms with Crippen LogP contribution in [-0.4, -0.2) is 28.4 Å². The molecule has 0 saturated heterocycles. The minimum atomic E-state index is -1.71. The van der Waals surface area contributed by atoms with Crippen molar-refractivity contribution in [1.82, 2.24) is 5.32 Å². The number of aliphatic hydroxyl groups is 2. The summed E-state index contributed by atoms with van der Waals surface area (Å²) >= 11 is 5.93. The number of aliphatic hydroxyl groups excluding tert-OH is 1. The second-order valence-corrected chi connectivity index (χ2v) is 8.26. The van der Waals surface area contributed by atoms with E-state index in [0.29, 0.717) is 30.0 Å². The van der Waals surface area contributed by atoms with Crippen molar-refractivity contribution in [3.63, 3.8) is 0 Å². The molecule has 1 atom stereocenters. The number of Topliss-reactive ketones (excluding diaryl/α,β-unsaturated/α-hetero) is 1. The zero-order valence-electron chi connectivity index (χ0n) is 17.8. The Labute approximate surface area is 192 Å². The predicted molar refractivity (Wildman–Crippen MR) is 126 cm³/mol. The van der Waals surface area contributed by atoms with Crippen LogP contribution in [-0.2, 0) is 0 Å². The van der Waals surface area contributed by atoms with Crippen LogP contribution in [0, 0.1) is 5.92 Å². The van der Waals surface area contributed by atoms with Crippen molar-refractivity contribution in [2.45, 2.75) is 26.1 Å². The van der Waals surface area contributed by atoms with E-state index >= 15 is 0 Å². The van der Waals surface area contributed by atoms with Gasteiger partial charge in [0.25, 0.3) is 5.91 Å². The number of ketones is 1. The minimum absolute atomic E-state index is 0.0558. The molecule has 0 aliphatic heterocycles. The summed E-state index contributed by atoms with van der Waals surface area (Å²) in [4.78, 5) is 25.0. The van der Waals surface area contributed by atoms with Crippen molar-refractivity contribution in [1.29, 1.82) is 0 Å². The van der Waals surface area contributed by atoms with Crippen molar-refractivity contribution < 1.29 is 19.8 Å². The van der Waals surface area contributed by atoms with Gasteiger partial charge < -0.3 is 15.5 Å². The van der Waals surface area contributed by atoms with Gasteiger partial charge in [-0.15, -0.1) is 0 Å². The summed E-state index contributed by atoms with van der Waals surface area (Å²) in [5.74, 6) is -0.234. The van der Waals surface area contributed by atoms with E-state index in [-0.39, 0.29) is 28.7 Å². The third kappa shape index (κ3) is 6.26. The number of carbonyl (C=O) groups excluding carboxylic acids is 2. The molecule has 3 rings (SSSR count). The first-order chi connectivity index (χ1) is 15.3. The van der Waals surface area contributed by atoms with Gasteiger partial charge in [0, 0.05) is 34.7 Å². The van der Waals surface area contributed by atoms with E-state index in [1.807, 2.05) is 55.5 Å². The highest BCUT2D eigenvalue weighted by Crippen LogP contribution is 2.23. The predicted octanol–water partition coefficient (Wildman–Crippen LogP) is 5.02. The van der Waals surface area contributed by atoms with Gasteiger partial charge in [0.15, 0.2) is 12.1 Å². The lowest BCUT2D eigenvalue weighted by Crippen LogP contribution is -2.27. The van der Waals surface area contributed by atoms with Gasteiger partial charge in [0.05, 0.1) is 0 Å². The number of halogens is 1. The highest BCUT2D eigenvalue weighted by Gasteiger charge is 2.16. The average molecular weight is 452 g/mol. The number of hydrogen-bond acceptors (Lipinski definition) is 4. The summed E-state index contributed by atoms with van der Waals surface area (Å²) in [7, 11) is 0. The molecule has 0 aromatic heterocycles. The molecule has 0 aliphatic rings. The van der Waals surface area contributed by atoms with Gasteiger partial charge in [-0.05, 0) is 41.7 Å². The third-order valence-electron chi connectivity index (χ3n) is 5.32. The molecular weight excluding hydrogens is 426 g/mol. The van der Waals surface area contributed by atoms with E-state index in [4.69, 9.17) is 11.6 Å². The first kappa shape index (κ1) is 23.7. The van der Waals surface area contributed by atoms with Crippen LogP contribution in [0.5, 0.6) is 0 Å². The maximum Gasteiger partial charge on any atom is 0.251 e. The van der Waals surface area contributed by atoms with Crippen LogP contribution in [0.3, 0.4) is 0 Å². The van der Waals surface area contributed by atoms with Crippen LogP contribution < -0.4 is 5.32 Å². The highest BCUT2D eigenvalue weighted by molar-refractivity contribution is 6.30. The van der Waals surface area contributed by atoms with Crippen molar-refractivity contribution in [2.24, 2.45) is 5.92 Å². The standard InChI is InChI=1S/C26H26ClNO4/c1-17(14-15-28-25(30)22-4-2-3-5-23(22)26(31)32)16-24(29)20-8-6-18(7-9-20)19-10-12-21(27)13-11-19/h2-13,17,26,31-32H,14-16H2,1H3,(H,28,30).